The molecular weight excluding hydrogens is 352 g/mol. The van der Waals surface area contributed by atoms with Gasteiger partial charge in [-0.3, -0.25) is 9.10 Å². The van der Waals surface area contributed by atoms with Crippen LogP contribution in [0.15, 0.2) is 42.5 Å². The minimum atomic E-state index is -3.50. The summed E-state index contributed by atoms with van der Waals surface area (Å²) in [4.78, 5) is 12.6. The molecule has 6 nitrogen and oxygen atoms in total. The highest BCUT2D eigenvalue weighted by Crippen LogP contribution is 2.29. The maximum atomic E-state index is 12.6. The summed E-state index contributed by atoms with van der Waals surface area (Å²) in [5, 5.41) is 3.13. The van der Waals surface area contributed by atoms with Gasteiger partial charge >= 0.3 is 0 Å². The Morgan fingerprint density at radius 2 is 1.88 bits per heavy atom. The Hall–Kier alpha value is -2.25. The van der Waals surface area contributed by atoms with E-state index in [0.717, 1.165) is 10.6 Å². The first-order chi connectivity index (χ1) is 11.2. The molecule has 0 aromatic heterocycles. The average molecular weight is 369 g/mol. The number of hydrogen-bond donors (Lipinski definition) is 1. The number of para-hydroxylation sites is 1. The van der Waals surface area contributed by atoms with Crippen LogP contribution in [0.5, 0.6) is 5.75 Å². The van der Waals surface area contributed by atoms with E-state index >= 15 is 0 Å². The Balaban J connectivity index is 2.40. The van der Waals surface area contributed by atoms with Crippen molar-refractivity contribution in [1.29, 1.82) is 0 Å². The van der Waals surface area contributed by atoms with E-state index in [0.29, 0.717) is 16.5 Å². The van der Waals surface area contributed by atoms with E-state index in [2.05, 4.69) is 5.32 Å². The van der Waals surface area contributed by atoms with E-state index in [-0.39, 0.29) is 11.3 Å². The van der Waals surface area contributed by atoms with Crippen LogP contribution in [0, 0.1) is 0 Å². The maximum Gasteiger partial charge on any atom is 0.257 e. The van der Waals surface area contributed by atoms with E-state index in [9.17, 15) is 13.2 Å². The summed E-state index contributed by atoms with van der Waals surface area (Å²) < 4.78 is 29.8. The molecule has 0 radical (unpaired) electrons. The van der Waals surface area contributed by atoms with Gasteiger partial charge in [-0.05, 0) is 30.3 Å². The molecule has 0 saturated carbocycles. The summed E-state index contributed by atoms with van der Waals surface area (Å²) in [6.07, 6.45) is 1.07. The molecule has 8 heteroatoms. The van der Waals surface area contributed by atoms with Crippen molar-refractivity contribution in [2.45, 2.75) is 0 Å². The highest BCUT2D eigenvalue weighted by molar-refractivity contribution is 7.92. The number of carbonyl (C=O) groups is 1. The van der Waals surface area contributed by atoms with Crippen LogP contribution < -0.4 is 14.4 Å². The van der Waals surface area contributed by atoms with Crippen molar-refractivity contribution >= 4 is 38.9 Å². The SMILES string of the molecule is COc1ccc(Cl)cc1NC(=O)c1ccccc1N(C)S(C)(=O)=O. The lowest BCUT2D eigenvalue weighted by molar-refractivity contribution is 0.102. The maximum absolute atomic E-state index is 12.6. The van der Waals surface area contributed by atoms with Gasteiger partial charge in [-0.1, -0.05) is 23.7 Å². The molecule has 0 aliphatic carbocycles. The van der Waals surface area contributed by atoms with Crippen LogP contribution in [-0.2, 0) is 10.0 Å². The lowest BCUT2D eigenvalue weighted by Gasteiger charge is -2.20. The lowest BCUT2D eigenvalue weighted by atomic mass is 10.1. The fourth-order valence-electron chi connectivity index (χ4n) is 2.09. The molecule has 0 atom stereocenters. The van der Waals surface area contributed by atoms with Crippen molar-refractivity contribution in [2.75, 3.05) is 30.0 Å². The monoisotopic (exact) mass is 368 g/mol. The molecule has 0 fully saturated rings. The summed E-state index contributed by atoms with van der Waals surface area (Å²) in [6, 6.07) is 11.3. The molecule has 0 aliphatic rings. The number of ether oxygens (including phenoxy) is 1. The largest absolute Gasteiger partial charge is 0.495 e. The molecule has 0 heterocycles. The highest BCUT2D eigenvalue weighted by atomic mass is 35.5. The van der Waals surface area contributed by atoms with Crippen molar-refractivity contribution in [1.82, 2.24) is 0 Å². The number of halogens is 1. The fourth-order valence-corrected chi connectivity index (χ4v) is 2.78. The second kappa shape index (κ2) is 7.11. The van der Waals surface area contributed by atoms with Gasteiger partial charge in [-0.25, -0.2) is 8.42 Å². The number of nitrogens with one attached hydrogen (secondary N) is 1. The van der Waals surface area contributed by atoms with Crippen LogP contribution >= 0.6 is 11.6 Å². The molecule has 1 amide bonds. The topological polar surface area (TPSA) is 75.7 Å². The van der Waals surface area contributed by atoms with E-state index < -0.39 is 15.9 Å². The van der Waals surface area contributed by atoms with Gasteiger partial charge in [0.25, 0.3) is 5.91 Å². The predicted octanol–water partition coefficient (Wildman–Crippen LogP) is 3.00. The molecule has 24 heavy (non-hydrogen) atoms. The van der Waals surface area contributed by atoms with Gasteiger partial charge in [0.15, 0.2) is 0 Å². The van der Waals surface area contributed by atoms with Gasteiger partial charge in [0.1, 0.15) is 5.75 Å². The number of carbonyl (C=O) groups excluding carboxylic acids is 1. The number of anilines is 2. The number of nitrogens with zero attached hydrogens (tertiary/aromatic N) is 1. The van der Waals surface area contributed by atoms with Gasteiger partial charge in [-0.15, -0.1) is 0 Å². The average Bonchev–Trinajstić information content (AvgIpc) is 2.53. The van der Waals surface area contributed by atoms with Crippen LogP contribution in [0.3, 0.4) is 0 Å². The number of hydrogen-bond acceptors (Lipinski definition) is 4. The van der Waals surface area contributed by atoms with Gasteiger partial charge < -0.3 is 10.1 Å². The minimum Gasteiger partial charge on any atom is -0.495 e. The summed E-state index contributed by atoms with van der Waals surface area (Å²) in [7, 11) is -0.630. The fraction of sp³-hybridized carbons (Fsp3) is 0.188. The van der Waals surface area contributed by atoms with Crippen LogP contribution in [0.4, 0.5) is 11.4 Å². The number of benzene rings is 2. The lowest BCUT2D eigenvalue weighted by Crippen LogP contribution is -2.27. The second-order valence-electron chi connectivity index (χ2n) is 5.05. The molecule has 0 unspecified atom stereocenters. The molecular formula is C16H17ClN2O4S. The van der Waals surface area contributed by atoms with Crippen molar-refractivity contribution in [2.24, 2.45) is 0 Å². The molecule has 2 rings (SSSR count). The second-order valence-corrected chi connectivity index (χ2v) is 7.50. The summed E-state index contributed by atoms with van der Waals surface area (Å²) in [5.41, 5.74) is 0.887. The highest BCUT2D eigenvalue weighted by Gasteiger charge is 2.20. The van der Waals surface area contributed by atoms with Gasteiger partial charge in [-0.2, -0.15) is 0 Å². The summed E-state index contributed by atoms with van der Waals surface area (Å²) in [5.74, 6) is -0.0247. The Bertz CT molecular complexity index is 868. The third-order valence-electron chi connectivity index (χ3n) is 3.40. The smallest absolute Gasteiger partial charge is 0.257 e. The van der Waals surface area contributed by atoms with Gasteiger partial charge in [0, 0.05) is 12.1 Å². The van der Waals surface area contributed by atoms with Crippen LogP contribution in [0.25, 0.3) is 0 Å². The standard InChI is InChI=1S/C16H17ClN2O4S/c1-19(24(3,21)22)14-7-5-4-6-12(14)16(20)18-13-10-11(17)8-9-15(13)23-2/h4-10H,1-3H3,(H,18,20). The normalized spacial score (nSPS) is 11.0. The molecule has 0 bridgehead atoms. The summed E-state index contributed by atoms with van der Waals surface area (Å²) >= 11 is 5.95. The van der Waals surface area contributed by atoms with Gasteiger partial charge in [0.2, 0.25) is 10.0 Å². The molecule has 1 N–H and O–H groups in total. The Kier molecular flexibility index (Phi) is 5.36. The third kappa shape index (κ3) is 3.98. The molecule has 0 spiro atoms. The van der Waals surface area contributed by atoms with E-state index in [1.54, 1.807) is 42.5 Å². The number of amides is 1. The number of methoxy groups -OCH3 is 1. The Morgan fingerprint density at radius 1 is 1.21 bits per heavy atom. The zero-order chi connectivity index (χ0) is 17.9. The Morgan fingerprint density at radius 3 is 2.50 bits per heavy atom. The molecule has 128 valence electrons. The number of sulfonamides is 1. The summed E-state index contributed by atoms with van der Waals surface area (Å²) in [6.45, 7) is 0. The van der Waals surface area contributed by atoms with E-state index in [1.165, 1.54) is 14.2 Å². The zero-order valence-electron chi connectivity index (χ0n) is 13.4. The van der Waals surface area contributed by atoms with Crippen molar-refractivity contribution in [3.05, 3.63) is 53.1 Å². The first kappa shape index (κ1) is 18.1. The van der Waals surface area contributed by atoms with Crippen LogP contribution in [0.2, 0.25) is 5.02 Å². The van der Waals surface area contributed by atoms with Crippen molar-refractivity contribution in [3.63, 3.8) is 0 Å². The Labute approximate surface area is 146 Å². The molecule has 0 aliphatic heterocycles. The van der Waals surface area contributed by atoms with Crippen LogP contribution in [-0.4, -0.2) is 34.7 Å². The molecule has 0 saturated heterocycles. The van der Waals surface area contributed by atoms with Crippen molar-refractivity contribution in [3.8, 4) is 5.75 Å². The number of rotatable bonds is 5. The van der Waals surface area contributed by atoms with Crippen LogP contribution in [0.1, 0.15) is 10.4 Å². The van der Waals surface area contributed by atoms with E-state index in [1.807, 2.05) is 0 Å². The first-order valence-corrected chi connectivity index (χ1v) is 9.14. The molecule has 2 aromatic rings. The third-order valence-corrected chi connectivity index (χ3v) is 4.82. The quantitative estimate of drug-likeness (QED) is 0.880. The van der Waals surface area contributed by atoms with Crippen molar-refractivity contribution < 1.29 is 17.9 Å². The molecule has 2 aromatic carbocycles. The zero-order valence-corrected chi connectivity index (χ0v) is 15.0. The van der Waals surface area contributed by atoms with E-state index in [4.69, 9.17) is 16.3 Å². The van der Waals surface area contributed by atoms with Gasteiger partial charge in [0.05, 0.1) is 30.3 Å². The first-order valence-electron chi connectivity index (χ1n) is 6.92. The minimum absolute atomic E-state index is 0.215. The predicted molar refractivity (Wildman–Crippen MR) is 95.6 cm³/mol.